The maximum Gasteiger partial charge on any atom is 0.233 e. The molecule has 1 saturated heterocycles. The number of amides is 3. The molecule has 1 aromatic rings. The molecule has 2 N–H and O–H groups in total. The van der Waals surface area contributed by atoms with E-state index in [0.29, 0.717) is 44.1 Å². The molecule has 1 aliphatic heterocycles. The quantitative estimate of drug-likeness (QED) is 0.730. The molecule has 2 rings (SSSR count). The van der Waals surface area contributed by atoms with E-state index in [-0.39, 0.29) is 24.2 Å². The van der Waals surface area contributed by atoms with Gasteiger partial charge in [0.15, 0.2) is 0 Å². The summed E-state index contributed by atoms with van der Waals surface area (Å²) in [4.78, 5) is 37.9. The van der Waals surface area contributed by atoms with Crippen LogP contribution in [0.25, 0.3) is 0 Å². The predicted octanol–water partition coefficient (Wildman–Crippen LogP) is 1.40. The highest BCUT2D eigenvalue weighted by Crippen LogP contribution is 2.24. The summed E-state index contributed by atoms with van der Waals surface area (Å²) in [5, 5.41) is 5.48. The first-order valence-electron chi connectivity index (χ1n) is 8.62. The van der Waals surface area contributed by atoms with Crippen LogP contribution in [0.1, 0.15) is 26.7 Å². The maximum absolute atomic E-state index is 12.3. The van der Waals surface area contributed by atoms with Crippen molar-refractivity contribution in [2.24, 2.45) is 5.92 Å². The molecule has 0 spiro atoms. The average molecular weight is 347 g/mol. The molecule has 7 nitrogen and oxygen atoms in total. The number of hydrogen-bond donors (Lipinski definition) is 2. The lowest BCUT2D eigenvalue weighted by Crippen LogP contribution is -2.35. The van der Waals surface area contributed by atoms with Crippen molar-refractivity contribution >= 4 is 23.4 Å². The minimum Gasteiger partial charge on any atom is -0.492 e. The van der Waals surface area contributed by atoms with Crippen molar-refractivity contribution in [2.45, 2.75) is 26.7 Å². The number of benzene rings is 1. The third-order valence-corrected chi connectivity index (χ3v) is 4.04. The van der Waals surface area contributed by atoms with Crippen LogP contribution in [0.3, 0.4) is 0 Å². The monoisotopic (exact) mass is 347 g/mol. The van der Waals surface area contributed by atoms with Crippen LogP contribution in [-0.2, 0) is 14.4 Å². The van der Waals surface area contributed by atoms with Crippen LogP contribution in [0, 0.1) is 5.92 Å². The molecular formula is C18H25N3O4. The van der Waals surface area contributed by atoms with Crippen LogP contribution in [0.15, 0.2) is 24.3 Å². The number of para-hydroxylation sites is 2. The fourth-order valence-electron chi connectivity index (χ4n) is 2.81. The molecule has 0 aromatic heterocycles. The molecule has 1 fully saturated rings. The summed E-state index contributed by atoms with van der Waals surface area (Å²) in [7, 11) is 0. The molecular weight excluding hydrogens is 322 g/mol. The van der Waals surface area contributed by atoms with Crippen molar-refractivity contribution < 1.29 is 19.1 Å². The van der Waals surface area contributed by atoms with Gasteiger partial charge in [-0.1, -0.05) is 12.1 Å². The van der Waals surface area contributed by atoms with Gasteiger partial charge in [-0.3, -0.25) is 14.4 Å². The second kappa shape index (κ2) is 9.05. The summed E-state index contributed by atoms with van der Waals surface area (Å²) in [6.45, 7) is 5.66. The number of carbonyl (C=O) groups excluding carboxylic acids is 3. The Morgan fingerprint density at radius 1 is 1.24 bits per heavy atom. The Hall–Kier alpha value is -2.57. The molecule has 1 atom stereocenters. The Morgan fingerprint density at radius 3 is 2.72 bits per heavy atom. The number of nitrogens with one attached hydrogen (secondary N) is 2. The molecule has 1 unspecified atom stereocenters. The fraction of sp³-hybridized carbons (Fsp3) is 0.500. The Kier molecular flexibility index (Phi) is 6.80. The maximum atomic E-state index is 12.3. The van der Waals surface area contributed by atoms with Crippen LogP contribution in [0.5, 0.6) is 5.75 Å². The SMILES string of the molecule is CCNC(=O)C1CCN(C(=O)CC(=O)Nc2ccccc2OCC)C1. The average Bonchev–Trinajstić information content (AvgIpc) is 3.07. The lowest BCUT2D eigenvalue weighted by Gasteiger charge is -2.17. The van der Waals surface area contributed by atoms with Crippen LogP contribution < -0.4 is 15.4 Å². The highest BCUT2D eigenvalue weighted by Gasteiger charge is 2.31. The van der Waals surface area contributed by atoms with Crippen LogP contribution >= 0.6 is 0 Å². The number of nitrogens with zero attached hydrogens (tertiary/aromatic N) is 1. The van der Waals surface area contributed by atoms with E-state index < -0.39 is 5.91 Å². The Morgan fingerprint density at radius 2 is 2.00 bits per heavy atom. The zero-order valence-electron chi connectivity index (χ0n) is 14.7. The Balaban J connectivity index is 1.87. The summed E-state index contributed by atoms with van der Waals surface area (Å²) in [6.07, 6.45) is 0.384. The van der Waals surface area contributed by atoms with Crippen LogP contribution in [0.4, 0.5) is 5.69 Å². The molecule has 1 heterocycles. The van der Waals surface area contributed by atoms with Gasteiger partial charge in [-0.2, -0.15) is 0 Å². The zero-order chi connectivity index (χ0) is 18.2. The van der Waals surface area contributed by atoms with Gasteiger partial charge >= 0.3 is 0 Å². The van der Waals surface area contributed by atoms with E-state index in [1.54, 1.807) is 23.1 Å². The van der Waals surface area contributed by atoms with E-state index in [4.69, 9.17) is 4.74 Å². The van der Waals surface area contributed by atoms with Gasteiger partial charge in [-0.15, -0.1) is 0 Å². The van der Waals surface area contributed by atoms with Gasteiger partial charge < -0.3 is 20.3 Å². The first kappa shape index (κ1) is 18.8. The van der Waals surface area contributed by atoms with Gasteiger partial charge in [-0.05, 0) is 32.4 Å². The number of carbonyl (C=O) groups is 3. The number of rotatable bonds is 7. The summed E-state index contributed by atoms with van der Waals surface area (Å²) in [5.41, 5.74) is 0.545. The molecule has 136 valence electrons. The normalized spacial score (nSPS) is 16.4. The number of ether oxygens (including phenoxy) is 1. The second-order valence-corrected chi connectivity index (χ2v) is 5.87. The fourth-order valence-corrected chi connectivity index (χ4v) is 2.81. The zero-order valence-corrected chi connectivity index (χ0v) is 14.7. The van der Waals surface area contributed by atoms with E-state index in [0.717, 1.165) is 0 Å². The third kappa shape index (κ3) is 5.20. The van der Waals surface area contributed by atoms with E-state index in [9.17, 15) is 14.4 Å². The van der Waals surface area contributed by atoms with Gasteiger partial charge in [0.1, 0.15) is 12.2 Å². The topological polar surface area (TPSA) is 87.7 Å². The van der Waals surface area contributed by atoms with Gasteiger partial charge in [0, 0.05) is 19.6 Å². The third-order valence-electron chi connectivity index (χ3n) is 4.04. The summed E-state index contributed by atoms with van der Waals surface area (Å²) in [5.74, 6) is -0.307. The van der Waals surface area contributed by atoms with E-state index >= 15 is 0 Å². The molecule has 1 aliphatic rings. The largest absolute Gasteiger partial charge is 0.492 e. The standard InChI is InChI=1S/C18H25N3O4/c1-3-19-18(24)13-9-10-21(12-13)17(23)11-16(22)20-14-7-5-6-8-15(14)25-4-2/h5-8,13H,3-4,9-12H2,1-2H3,(H,19,24)(H,20,22). The van der Waals surface area contributed by atoms with Crippen molar-refractivity contribution in [3.05, 3.63) is 24.3 Å². The number of likely N-dealkylation sites (tertiary alicyclic amines) is 1. The lowest BCUT2D eigenvalue weighted by atomic mass is 10.1. The van der Waals surface area contributed by atoms with E-state index in [2.05, 4.69) is 10.6 Å². The van der Waals surface area contributed by atoms with E-state index in [1.165, 1.54) is 0 Å². The molecule has 1 aromatic carbocycles. The molecule has 0 saturated carbocycles. The Bertz CT molecular complexity index is 633. The van der Waals surface area contributed by atoms with Crippen molar-refractivity contribution in [1.29, 1.82) is 0 Å². The number of anilines is 1. The summed E-state index contributed by atoms with van der Waals surface area (Å²) < 4.78 is 5.45. The minimum atomic E-state index is -0.390. The highest BCUT2D eigenvalue weighted by molar-refractivity contribution is 6.04. The van der Waals surface area contributed by atoms with Gasteiger partial charge in [0.25, 0.3) is 0 Å². The lowest BCUT2D eigenvalue weighted by molar-refractivity contribution is -0.133. The molecule has 25 heavy (non-hydrogen) atoms. The van der Waals surface area contributed by atoms with Gasteiger partial charge in [0.2, 0.25) is 17.7 Å². The first-order chi connectivity index (χ1) is 12.0. The molecule has 3 amide bonds. The second-order valence-electron chi connectivity index (χ2n) is 5.87. The van der Waals surface area contributed by atoms with Crippen LogP contribution in [-0.4, -0.2) is 48.9 Å². The van der Waals surface area contributed by atoms with Crippen LogP contribution in [0.2, 0.25) is 0 Å². The summed E-state index contributed by atoms with van der Waals surface area (Å²) in [6, 6.07) is 7.10. The van der Waals surface area contributed by atoms with Gasteiger partial charge in [-0.25, -0.2) is 0 Å². The summed E-state index contributed by atoms with van der Waals surface area (Å²) >= 11 is 0. The van der Waals surface area contributed by atoms with Gasteiger partial charge in [0.05, 0.1) is 18.2 Å². The van der Waals surface area contributed by atoms with Crippen molar-refractivity contribution in [3.63, 3.8) is 0 Å². The smallest absolute Gasteiger partial charge is 0.233 e. The predicted molar refractivity (Wildman–Crippen MR) is 94.2 cm³/mol. The Labute approximate surface area is 147 Å². The highest BCUT2D eigenvalue weighted by atomic mass is 16.5. The van der Waals surface area contributed by atoms with Crippen molar-refractivity contribution in [1.82, 2.24) is 10.2 Å². The molecule has 7 heteroatoms. The van der Waals surface area contributed by atoms with E-state index in [1.807, 2.05) is 19.9 Å². The number of hydrogen-bond acceptors (Lipinski definition) is 4. The minimum absolute atomic E-state index is 0.0344. The first-order valence-corrected chi connectivity index (χ1v) is 8.62. The van der Waals surface area contributed by atoms with Crippen molar-refractivity contribution in [2.75, 3.05) is 31.6 Å². The molecule has 0 radical (unpaired) electrons. The molecule has 0 bridgehead atoms. The van der Waals surface area contributed by atoms with Crippen molar-refractivity contribution in [3.8, 4) is 5.75 Å². The molecule has 0 aliphatic carbocycles.